The van der Waals surface area contributed by atoms with Gasteiger partial charge in [-0.1, -0.05) is 188 Å². The molecule has 0 fully saturated rings. The summed E-state index contributed by atoms with van der Waals surface area (Å²) < 4.78 is 4.85. The Kier molecular flexibility index (Phi) is 8.02. The van der Waals surface area contributed by atoms with Crippen molar-refractivity contribution in [3.05, 3.63) is 277 Å². The molecule has 2 aromatic heterocycles. The summed E-state index contributed by atoms with van der Waals surface area (Å²) in [5, 5.41) is 4.96. The van der Waals surface area contributed by atoms with Crippen molar-refractivity contribution in [1.29, 1.82) is 0 Å². The van der Waals surface area contributed by atoms with E-state index in [9.17, 15) is 0 Å². The van der Waals surface area contributed by atoms with Crippen molar-refractivity contribution in [3.8, 4) is 67.0 Å². The van der Waals surface area contributed by atoms with Gasteiger partial charge in [0.15, 0.2) is 0 Å². The highest BCUT2D eigenvalue weighted by Gasteiger charge is 2.51. The van der Waals surface area contributed by atoms with E-state index in [4.69, 9.17) is 0 Å². The molecule has 0 amide bonds. The van der Waals surface area contributed by atoms with Crippen molar-refractivity contribution in [2.45, 2.75) is 5.41 Å². The van der Waals surface area contributed by atoms with Crippen molar-refractivity contribution < 1.29 is 0 Å². The van der Waals surface area contributed by atoms with Gasteiger partial charge in [-0.25, -0.2) is 0 Å². The molecular weight excluding hydrogens is 833 g/mol. The number of hydrogen-bond donors (Lipinski definition) is 0. The minimum atomic E-state index is -0.392. The van der Waals surface area contributed by atoms with E-state index in [2.05, 4.69) is 264 Å². The normalized spacial score (nSPS) is 13.0. The van der Waals surface area contributed by atoms with Crippen LogP contribution in [0.5, 0.6) is 0 Å². The molecule has 0 saturated carbocycles. The van der Waals surface area contributed by atoms with Crippen LogP contribution in [0.25, 0.3) is 111 Å². The Balaban J connectivity index is 0.920. The lowest BCUT2D eigenvalue weighted by molar-refractivity contribution is 0.794. The molecule has 0 aliphatic heterocycles. The highest BCUT2D eigenvalue weighted by atomic mass is 15.0. The molecule has 2 nitrogen and oxygen atoms in total. The molecule has 2 heteroatoms. The van der Waals surface area contributed by atoms with Crippen LogP contribution in [-0.4, -0.2) is 9.13 Å². The fourth-order valence-corrected chi connectivity index (χ4v) is 12.4. The van der Waals surface area contributed by atoms with Gasteiger partial charge in [0.25, 0.3) is 0 Å². The predicted octanol–water partition coefficient (Wildman–Crippen LogP) is 17.2. The van der Waals surface area contributed by atoms with E-state index in [0.717, 1.165) is 5.69 Å². The molecule has 320 valence electrons. The first-order valence-electron chi connectivity index (χ1n) is 24.0. The maximum Gasteiger partial charge on any atom is 0.0725 e. The molecule has 0 bridgehead atoms. The molecule has 0 N–H and O–H groups in total. The van der Waals surface area contributed by atoms with E-state index in [1.165, 1.54) is 127 Å². The van der Waals surface area contributed by atoms with Gasteiger partial charge in [-0.2, -0.15) is 0 Å². The van der Waals surface area contributed by atoms with Crippen LogP contribution in [0.2, 0.25) is 0 Å². The fraction of sp³-hybridized carbons (Fsp3) is 0.0149. The summed E-state index contributed by atoms with van der Waals surface area (Å²) in [5.41, 5.74) is 24.6. The minimum Gasteiger partial charge on any atom is -0.309 e. The van der Waals surface area contributed by atoms with Gasteiger partial charge in [0.1, 0.15) is 0 Å². The Bertz CT molecular complexity index is 4160. The van der Waals surface area contributed by atoms with E-state index in [1.54, 1.807) is 0 Å². The summed E-state index contributed by atoms with van der Waals surface area (Å²) in [5.74, 6) is 0. The van der Waals surface area contributed by atoms with E-state index in [1.807, 2.05) is 0 Å². The quantitative estimate of drug-likeness (QED) is 0.163. The third kappa shape index (κ3) is 5.37. The summed E-state index contributed by atoms with van der Waals surface area (Å²) in [7, 11) is 0. The van der Waals surface area contributed by atoms with E-state index < -0.39 is 5.41 Å². The first kappa shape index (κ1) is 38.2. The van der Waals surface area contributed by atoms with Gasteiger partial charge >= 0.3 is 0 Å². The monoisotopic (exact) mass is 874 g/mol. The van der Waals surface area contributed by atoms with Gasteiger partial charge in [0.05, 0.1) is 27.5 Å². The Labute approximate surface area is 400 Å². The van der Waals surface area contributed by atoms with Crippen molar-refractivity contribution in [2.75, 3.05) is 0 Å². The van der Waals surface area contributed by atoms with Crippen molar-refractivity contribution in [2.24, 2.45) is 0 Å². The van der Waals surface area contributed by atoms with Crippen LogP contribution in [0.15, 0.2) is 255 Å². The highest BCUT2D eigenvalue weighted by Crippen LogP contribution is 2.63. The Morgan fingerprint density at radius 2 is 0.623 bits per heavy atom. The lowest BCUT2D eigenvalue weighted by Crippen LogP contribution is -2.25. The third-order valence-corrected chi connectivity index (χ3v) is 15.3. The topological polar surface area (TPSA) is 9.86 Å². The molecule has 0 radical (unpaired) electrons. The predicted molar refractivity (Wildman–Crippen MR) is 288 cm³/mol. The highest BCUT2D eigenvalue weighted by molar-refractivity contribution is 6.13. The van der Waals surface area contributed by atoms with Crippen molar-refractivity contribution >= 4 is 43.6 Å². The van der Waals surface area contributed by atoms with Crippen LogP contribution in [0.1, 0.15) is 22.3 Å². The molecule has 0 atom stereocenters. The summed E-state index contributed by atoms with van der Waals surface area (Å²) >= 11 is 0. The molecule has 69 heavy (non-hydrogen) atoms. The fourth-order valence-electron chi connectivity index (χ4n) is 12.4. The molecule has 1 spiro atoms. The number of aromatic nitrogens is 2. The summed E-state index contributed by atoms with van der Waals surface area (Å²) in [4.78, 5) is 0. The van der Waals surface area contributed by atoms with Gasteiger partial charge in [0, 0.05) is 32.9 Å². The molecule has 2 aliphatic carbocycles. The second kappa shape index (κ2) is 14.5. The van der Waals surface area contributed by atoms with Gasteiger partial charge in [-0.15, -0.1) is 0 Å². The molecule has 2 aliphatic rings. The van der Waals surface area contributed by atoms with Crippen LogP contribution in [0, 0.1) is 0 Å². The second-order valence-electron chi connectivity index (χ2n) is 18.8. The lowest BCUT2D eigenvalue weighted by atomic mass is 9.70. The Hall–Kier alpha value is -8.98. The lowest BCUT2D eigenvalue weighted by Gasteiger charge is -2.30. The van der Waals surface area contributed by atoms with E-state index in [0.29, 0.717) is 0 Å². The molecule has 0 saturated heterocycles. The molecule has 15 rings (SSSR count). The van der Waals surface area contributed by atoms with E-state index in [-0.39, 0.29) is 0 Å². The van der Waals surface area contributed by atoms with Gasteiger partial charge in [-0.05, 0) is 145 Å². The second-order valence-corrected chi connectivity index (χ2v) is 18.8. The summed E-state index contributed by atoms with van der Waals surface area (Å²) in [6.07, 6.45) is 0. The molecule has 11 aromatic carbocycles. The Morgan fingerprint density at radius 1 is 0.217 bits per heavy atom. The number of nitrogens with zero attached hydrogens (tertiary/aromatic N) is 2. The SMILES string of the molecule is c1ccc(-c2ccc(-n3c4ccc(-c5ccc6c(c5)C5(c7ccccc7-c7ccccc75)c5ccccc5-6)cc4c4ccc(-c5ccc6c(c5)c5ccccc5n6-c5ccccc5)cc43)cc2)cc1. The summed E-state index contributed by atoms with van der Waals surface area (Å²) in [6.45, 7) is 0. The van der Waals surface area contributed by atoms with Gasteiger partial charge < -0.3 is 9.13 Å². The van der Waals surface area contributed by atoms with Gasteiger partial charge in [0.2, 0.25) is 0 Å². The largest absolute Gasteiger partial charge is 0.309 e. The maximum absolute atomic E-state index is 2.50. The minimum absolute atomic E-state index is 0.392. The summed E-state index contributed by atoms with van der Waals surface area (Å²) in [6, 6.07) is 94.8. The zero-order chi connectivity index (χ0) is 45.2. The van der Waals surface area contributed by atoms with Crippen LogP contribution >= 0.6 is 0 Å². The van der Waals surface area contributed by atoms with Crippen molar-refractivity contribution in [3.63, 3.8) is 0 Å². The number of rotatable bonds is 5. The maximum atomic E-state index is 2.50. The first-order valence-corrected chi connectivity index (χ1v) is 24.0. The van der Waals surface area contributed by atoms with Crippen LogP contribution < -0.4 is 0 Å². The zero-order valence-corrected chi connectivity index (χ0v) is 37.6. The van der Waals surface area contributed by atoms with Crippen LogP contribution in [0.4, 0.5) is 0 Å². The first-order chi connectivity index (χ1) is 34.2. The zero-order valence-electron chi connectivity index (χ0n) is 37.6. The standard InChI is InChI=1S/C67H42N2/c1-3-15-43(16-4-1)44-27-33-50(34-28-44)69-65-38-31-45(47-29-35-54-53-21-9-13-25-61(53)67(62(54)41-47)59-23-11-7-19-51(59)52-20-8-12-24-60(52)67)39-58(65)56-36-30-48(42-66(56)69)46-32-37-64-57(40-46)55-22-10-14-26-63(55)68(64)49-17-5-2-6-18-49/h1-42H. The van der Waals surface area contributed by atoms with E-state index >= 15 is 0 Å². The number of benzene rings is 11. The van der Waals surface area contributed by atoms with Crippen molar-refractivity contribution in [1.82, 2.24) is 9.13 Å². The average Bonchev–Trinajstić information content (AvgIpc) is 4.13. The number of hydrogen-bond acceptors (Lipinski definition) is 0. The Morgan fingerprint density at radius 3 is 1.26 bits per heavy atom. The molecule has 13 aromatic rings. The van der Waals surface area contributed by atoms with Crippen LogP contribution in [-0.2, 0) is 5.41 Å². The third-order valence-electron chi connectivity index (χ3n) is 15.3. The van der Waals surface area contributed by atoms with Gasteiger partial charge in [-0.3, -0.25) is 0 Å². The molecule has 0 unspecified atom stereocenters. The molecular formula is C67H42N2. The number of fused-ring (bicyclic) bond motifs is 16. The number of para-hydroxylation sites is 2. The average molecular weight is 875 g/mol. The van der Waals surface area contributed by atoms with Crippen LogP contribution in [0.3, 0.4) is 0 Å². The molecule has 2 heterocycles. The smallest absolute Gasteiger partial charge is 0.0725 e.